The standard InChI is InChI=1S/C15H22ClNO/c1-2-13(18)7-8-17-12-9-11(10-12)14-5-3-4-6-15(14)16/h3-6,11-13,17-18H,2,7-10H2,1H3. The molecule has 1 aliphatic rings. The van der Waals surface area contributed by atoms with E-state index in [9.17, 15) is 5.11 Å². The van der Waals surface area contributed by atoms with Gasteiger partial charge in [-0.3, -0.25) is 0 Å². The third-order valence-corrected chi connectivity index (χ3v) is 4.21. The van der Waals surface area contributed by atoms with Gasteiger partial charge in [-0.05, 0) is 49.8 Å². The van der Waals surface area contributed by atoms with E-state index >= 15 is 0 Å². The van der Waals surface area contributed by atoms with Crippen molar-refractivity contribution in [2.45, 2.75) is 50.7 Å². The van der Waals surface area contributed by atoms with Crippen molar-refractivity contribution in [2.24, 2.45) is 0 Å². The minimum absolute atomic E-state index is 0.156. The molecule has 2 rings (SSSR count). The quantitative estimate of drug-likeness (QED) is 0.829. The molecule has 0 bridgehead atoms. The van der Waals surface area contributed by atoms with Crippen LogP contribution >= 0.6 is 11.6 Å². The van der Waals surface area contributed by atoms with E-state index in [1.54, 1.807) is 0 Å². The van der Waals surface area contributed by atoms with Crippen LogP contribution in [-0.4, -0.2) is 23.8 Å². The molecular formula is C15H22ClNO. The second kappa shape index (κ2) is 6.55. The Morgan fingerprint density at radius 3 is 2.78 bits per heavy atom. The molecule has 1 aromatic rings. The van der Waals surface area contributed by atoms with Crippen molar-refractivity contribution < 1.29 is 5.11 Å². The summed E-state index contributed by atoms with van der Waals surface area (Å²) < 4.78 is 0. The van der Waals surface area contributed by atoms with Crippen molar-refractivity contribution in [3.05, 3.63) is 34.9 Å². The Balaban J connectivity index is 1.70. The Bertz CT molecular complexity index is 377. The average molecular weight is 268 g/mol. The van der Waals surface area contributed by atoms with E-state index in [4.69, 9.17) is 11.6 Å². The molecule has 1 fully saturated rings. The number of nitrogens with one attached hydrogen (secondary N) is 1. The summed E-state index contributed by atoms with van der Waals surface area (Å²) in [4.78, 5) is 0. The molecule has 1 unspecified atom stereocenters. The zero-order valence-corrected chi connectivity index (χ0v) is 11.7. The van der Waals surface area contributed by atoms with Crippen molar-refractivity contribution in [3.8, 4) is 0 Å². The maximum atomic E-state index is 9.47. The molecule has 0 aromatic heterocycles. The summed E-state index contributed by atoms with van der Waals surface area (Å²) in [6, 6.07) is 8.72. The normalized spacial score (nSPS) is 24.6. The van der Waals surface area contributed by atoms with Gasteiger partial charge in [-0.1, -0.05) is 36.7 Å². The number of rotatable bonds is 6. The predicted octanol–water partition coefficient (Wildman–Crippen LogP) is 3.34. The molecule has 0 aliphatic heterocycles. The van der Waals surface area contributed by atoms with Gasteiger partial charge in [-0.25, -0.2) is 0 Å². The fraction of sp³-hybridized carbons (Fsp3) is 0.600. The van der Waals surface area contributed by atoms with Crippen LogP contribution in [0.2, 0.25) is 5.02 Å². The Kier molecular flexibility index (Phi) is 5.04. The molecule has 0 saturated heterocycles. The van der Waals surface area contributed by atoms with Crippen LogP contribution in [0.4, 0.5) is 0 Å². The van der Waals surface area contributed by atoms with Crippen molar-refractivity contribution in [1.29, 1.82) is 0 Å². The number of halogens is 1. The molecule has 0 heterocycles. The van der Waals surface area contributed by atoms with Gasteiger partial charge in [0.05, 0.1) is 6.10 Å². The molecule has 2 nitrogen and oxygen atoms in total. The first kappa shape index (κ1) is 13.9. The Labute approximate surface area is 114 Å². The van der Waals surface area contributed by atoms with Crippen LogP contribution in [0.1, 0.15) is 44.1 Å². The lowest BCUT2D eigenvalue weighted by molar-refractivity contribution is 0.155. The summed E-state index contributed by atoms with van der Waals surface area (Å²) in [6.45, 7) is 2.93. The van der Waals surface area contributed by atoms with Gasteiger partial charge >= 0.3 is 0 Å². The summed E-state index contributed by atoms with van der Waals surface area (Å²) in [5, 5.41) is 13.9. The second-order valence-corrected chi connectivity index (χ2v) is 5.60. The van der Waals surface area contributed by atoms with E-state index in [0.29, 0.717) is 12.0 Å². The highest BCUT2D eigenvalue weighted by Crippen LogP contribution is 2.39. The lowest BCUT2D eigenvalue weighted by Gasteiger charge is -2.37. The monoisotopic (exact) mass is 267 g/mol. The molecule has 0 amide bonds. The van der Waals surface area contributed by atoms with Crippen LogP contribution in [0, 0.1) is 0 Å². The summed E-state index contributed by atoms with van der Waals surface area (Å²) >= 11 is 6.19. The first-order valence-corrected chi connectivity index (χ1v) is 7.24. The summed E-state index contributed by atoms with van der Waals surface area (Å²) in [7, 11) is 0. The Hall–Kier alpha value is -0.570. The fourth-order valence-corrected chi connectivity index (χ4v) is 2.79. The molecule has 2 N–H and O–H groups in total. The number of hydrogen-bond acceptors (Lipinski definition) is 2. The topological polar surface area (TPSA) is 32.3 Å². The van der Waals surface area contributed by atoms with Gasteiger partial charge < -0.3 is 10.4 Å². The minimum atomic E-state index is -0.156. The van der Waals surface area contributed by atoms with E-state index < -0.39 is 0 Å². The van der Waals surface area contributed by atoms with Gasteiger partial charge in [0.1, 0.15) is 0 Å². The summed E-state index contributed by atoms with van der Waals surface area (Å²) in [6.07, 6.45) is 3.85. The van der Waals surface area contributed by atoms with Gasteiger partial charge in [0, 0.05) is 11.1 Å². The molecule has 0 radical (unpaired) electrons. The highest BCUT2D eigenvalue weighted by molar-refractivity contribution is 6.31. The Morgan fingerprint density at radius 1 is 1.39 bits per heavy atom. The largest absolute Gasteiger partial charge is 0.393 e. The average Bonchev–Trinajstić information content (AvgIpc) is 2.33. The number of aliphatic hydroxyl groups excluding tert-OH is 1. The van der Waals surface area contributed by atoms with Crippen molar-refractivity contribution in [3.63, 3.8) is 0 Å². The van der Waals surface area contributed by atoms with Crippen LogP contribution < -0.4 is 5.32 Å². The maximum absolute atomic E-state index is 9.47. The van der Waals surface area contributed by atoms with Crippen molar-refractivity contribution >= 4 is 11.6 Å². The first-order chi connectivity index (χ1) is 8.70. The van der Waals surface area contributed by atoms with Gasteiger partial charge in [-0.15, -0.1) is 0 Å². The SMILES string of the molecule is CCC(O)CCNC1CC(c2ccccc2Cl)C1. The maximum Gasteiger partial charge on any atom is 0.0549 e. The van der Waals surface area contributed by atoms with Crippen molar-refractivity contribution in [1.82, 2.24) is 5.32 Å². The lowest BCUT2D eigenvalue weighted by Crippen LogP contribution is -2.41. The smallest absolute Gasteiger partial charge is 0.0549 e. The molecular weight excluding hydrogens is 246 g/mol. The van der Waals surface area contributed by atoms with Gasteiger partial charge in [0.25, 0.3) is 0 Å². The van der Waals surface area contributed by atoms with Crippen LogP contribution in [-0.2, 0) is 0 Å². The molecule has 1 aromatic carbocycles. The van der Waals surface area contributed by atoms with Crippen molar-refractivity contribution in [2.75, 3.05) is 6.54 Å². The van der Waals surface area contributed by atoms with Gasteiger partial charge in [-0.2, -0.15) is 0 Å². The molecule has 1 saturated carbocycles. The lowest BCUT2D eigenvalue weighted by atomic mass is 9.76. The van der Waals surface area contributed by atoms with Crippen LogP contribution in [0.5, 0.6) is 0 Å². The summed E-state index contributed by atoms with van der Waals surface area (Å²) in [5.41, 5.74) is 1.28. The zero-order valence-electron chi connectivity index (χ0n) is 10.9. The van der Waals surface area contributed by atoms with Gasteiger partial charge in [0.2, 0.25) is 0 Å². The molecule has 3 heteroatoms. The highest BCUT2D eigenvalue weighted by Gasteiger charge is 2.30. The van der Waals surface area contributed by atoms with E-state index in [0.717, 1.165) is 37.3 Å². The number of hydrogen-bond donors (Lipinski definition) is 2. The molecule has 100 valence electrons. The Morgan fingerprint density at radius 2 is 2.11 bits per heavy atom. The third kappa shape index (κ3) is 3.47. The van der Waals surface area contributed by atoms with Crippen LogP contribution in [0.25, 0.3) is 0 Å². The molecule has 0 spiro atoms. The van der Waals surface area contributed by atoms with Crippen LogP contribution in [0.15, 0.2) is 24.3 Å². The van der Waals surface area contributed by atoms with Crippen LogP contribution in [0.3, 0.4) is 0 Å². The second-order valence-electron chi connectivity index (χ2n) is 5.19. The van der Waals surface area contributed by atoms with Gasteiger partial charge in [0.15, 0.2) is 0 Å². The van der Waals surface area contributed by atoms with E-state index in [1.807, 2.05) is 19.1 Å². The molecule has 1 atom stereocenters. The predicted molar refractivity (Wildman–Crippen MR) is 76.1 cm³/mol. The fourth-order valence-electron chi connectivity index (χ4n) is 2.50. The summed E-state index contributed by atoms with van der Waals surface area (Å²) in [5.74, 6) is 0.604. The zero-order chi connectivity index (χ0) is 13.0. The minimum Gasteiger partial charge on any atom is -0.393 e. The van der Waals surface area contributed by atoms with E-state index in [2.05, 4.69) is 17.4 Å². The number of benzene rings is 1. The highest BCUT2D eigenvalue weighted by atomic mass is 35.5. The van der Waals surface area contributed by atoms with E-state index in [-0.39, 0.29) is 6.10 Å². The number of aliphatic hydroxyl groups is 1. The van der Waals surface area contributed by atoms with E-state index in [1.165, 1.54) is 5.56 Å². The molecule has 18 heavy (non-hydrogen) atoms. The molecule has 1 aliphatic carbocycles. The first-order valence-electron chi connectivity index (χ1n) is 6.86. The third-order valence-electron chi connectivity index (χ3n) is 3.86.